The van der Waals surface area contributed by atoms with Gasteiger partial charge in [0.25, 0.3) is 0 Å². The molecule has 156 valence electrons. The van der Waals surface area contributed by atoms with Crippen molar-refractivity contribution in [3.05, 3.63) is 45.5 Å². The summed E-state index contributed by atoms with van der Waals surface area (Å²) in [5, 5.41) is 14.4. The van der Waals surface area contributed by atoms with Crippen molar-refractivity contribution in [2.24, 2.45) is 0 Å². The third-order valence-corrected chi connectivity index (χ3v) is 4.89. The Morgan fingerprint density at radius 1 is 1.21 bits per heavy atom. The fourth-order valence-corrected chi connectivity index (χ4v) is 3.27. The van der Waals surface area contributed by atoms with Crippen molar-refractivity contribution in [1.82, 2.24) is 14.9 Å². The van der Waals surface area contributed by atoms with E-state index in [4.69, 9.17) is 10.5 Å². The average Bonchev–Trinajstić information content (AvgIpc) is 3.20. The van der Waals surface area contributed by atoms with Crippen LogP contribution in [-0.2, 0) is 13.1 Å². The first-order chi connectivity index (χ1) is 14.1. The summed E-state index contributed by atoms with van der Waals surface area (Å²) in [6, 6.07) is 8.28. The van der Waals surface area contributed by atoms with Crippen LogP contribution in [0.1, 0.15) is 43.7 Å². The molecule has 3 N–H and O–H groups in total. The lowest BCUT2D eigenvalue weighted by Crippen LogP contribution is -2.18. The normalized spacial score (nSPS) is 14.1. The van der Waals surface area contributed by atoms with Crippen LogP contribution in [0.15, 0.2) is 24.3 Å². The lowest BCUT2D eigenvalue weighted by Gasteiger charge is -2.15. The monoisotopic (exact) mass is 400 g/mol. The minimum absolute atomic E-state index is 0.0463. The van der Waals surface area contributed by atoms with Gasteiger partial charge in [0.1, 0.15) is 0 Å². The molecule has 1 fully saturated rings. The van der Waals surface area contributed by atoms with Crippen molar-refractivity contribution in [3.63, 3.8) is 0 Å². The lowest BCUT2D eigenvalue weighted by atomic mass is 10.1. The average molecular weight is 400 g/mol. The van der Waals surface area contributed by atoms with Gasteiger partial charge in [-0.05, 0) is 43.5 Å². The summed E-state index contributed by atoms with van der Waals surface area (Å²) >= 11 is 0. The molecule has 2 aromatic rings. The number of nitrogens with two attached hydrogens (primary N) is 1. The van der Waals surface area contributed by atoms with Gasteiger partial charge in [0.05, 0.1) is 11.5 Å². The van der Waals surface area contributed by atoms with E-state index in [2.05, 4.69) is 32.3 Å². The maximum atomic E-state index is 11.4. The first-order valence-corrected chi connectivity index (χ1v) is 10.1. The Morgan fingerprint density at radius 3 is 2.55 bits per heavy atom. The number of nitro groups is 1. The number of benzene rings is 1. The van der Waals surface area contributed by atoms with E-state index in [0.717, 1.165) is 38.0 Å². The summed E-state index contributed by atoms with van der Waals surface area (Å²) < 4.78 is 5.46. The molecule has 0 amide bonds. The SMILES string of the molecule is CCCCOc1nc(N)c([N+](=O)[O-])c(NCc2ccc(CN3CCCC3)cc2)n1. The van der Waals surface area contributed by atoms with Crippen molar-refractivity contribution >= 4 is 17.3 Å². The summed E-state index contributed by atoms with van der Waals surface area (Å²) in [4.78, 5) is 21.3. The number of unbranched alkanes of at least 4 members (excludes halogenated alkanes) is 1. The van der Waals surface area contributed by atoms with Crippen LogP contribution in [0.5, 0.6) is 6.01 Å². The second-order valence-electron chi connectivity index (χ2n) is 7.20. The Hall–Kier alpha value is -2.94. The molecule has 1 saturated heterocycles. The number of nitrogens with one attached hydrogen (secondary N) is 1. The minimum Gasteiger partial charge on any atom is -0.463 e. The molecule has 2 heterocycles. The van der Waals surface area contributed by atoms with Crippen molar-refractivity contribution in [3.8, 4) is 6.01 Å². The molecule has 3 rings (SSSR count). The topological polar surface area (TPSA) is 119 Å². The van der Waals surface area contributed by atoms with Gasteiger partial charge < -0.3 is 15.8 Å². The number of ether oxygens (including phenoxy) is 1. The molecule has 0 unspecified atom stereocenters. The van der Waals surface area contributed by atoms with Crippen LogP contribution in [0, 0.1) is 10.1 Å². The van der Waals surface area contributed by atoms with Gasteiger partial charge >= 0.3 is 11.7 Å². The van der Waals surface area contributed by atoms with E-state index < -0.39 is 4.92 Å². The molecule has 9 heteroatoms. The summed E-state index contributed by atoms with van der Waals surface area (Å²) in [6.07, 6.45) is 4.34. The number of aromatic nitrogens is 2. The van der Waals surface area contributed by atoms with Crippen LogP contribution in [-0.4, -0.2) is 39.5 Å². The van der Waals surface area contributed by atoms with E-state index in [9.17, 15) is 10.1 Å². The summed E-state index contributed by atoms with van der Waals surface area (Å²) in [7, 11) is 0. The molecule has 0 spiro atoms. The van der Waals surface area contributed by atoms with Crippen LogP contribution in [0.4, 0.5) is 17.3 Å². The smallest absolute Gasteiger partial charge is 0.353 e. The summed E-state index contributed by atoms with van der Waals surface area (Å²) in [6.45, 7) is 6.13. The van der Waals surface area contributed by atoms with Crippen LogP contribution < -0.4 is 15.8 Å². The summed E-state index contributed by atoms with van der Waals surface area (Å²) in [5.41, 5.74) is 7.70. The predicted molar refractivity (Wildman–Crippen MR) is 112 cm³/mol. The van der Waals surface area contributed by atoms with Crippen LogP contribution >= 0.6 is 0 Å². The molecule has 0 aliphatic carbocycles. The number of hydrogen-bond donors (Lipinski definition) is 2. The van der Waals surface area contributed by atoms with Crippen molar-refractivity contribution in [2.45, 2.75) is 45.7 Å². The Kier molecular flexibility index (Phi) is 7.18. The second-order valence-corrected chi connectivity index (χ2v) is 7.20. The van der Waals surface area contributed by atoms with Gasteiger partial charge in [0.15, 0.2) is 0 Å². The Balaban J connectivity index is 1.67. The first kappa shape index (κ1) is 20.8. The van der Waals surface area contributed by atoms with E-state index in [0.29, 0.717) is 13.2 Å². The molecule has 9 nitrogen and oxygen atoms in total. The van der Waals surface area contributed by atoms with Gasteiger partial charge in [-0.2, -0.15) is 9.97 Å². The van der Waals surface area contributed by atoms with Gasteiger partial charge in [0.2, 0.25) is 11.6 Å². The number of nitrogen functional groups attached to an aromatic ring is 1. The molecule has 1 aliphatic rings. The van der Waals surface area contributed by atoms with Gasteiger partial charge in [-0.1, -0.05) is 37.6 Å². The second kappa shape index (κ2) is 10.0. The Morgan fingerprint density at radius 2 is 1.90 bits per heavy atom. The standard InChI is InChI=1S/C20H28N6O3/c1-2-3-12-29-20-23-18(21)17(26(27)28)19(24-20)22-13-15-6-8-16(9-7-15)14-25-10-4-5-11-25/h6-9H,2-5,10-14H2,1H3,(H3,21,22,23,24). The number of likely N-dealkylation sites (tertiary alicyclic amines) is 1. The molecule has 0 saturated carbocycles. The number of hydrogen-bond acceptors (Lipinski definition) is 8. The van der Waals surface area contributed by atoms with E-state index in [-0.39, 0.29) is 23.3 Å². The third kappa shape index (κ3) is 5.77. The molecule has 0 atom stereocenters. The van der Waals surface area contributed by atoms with E-state index in [1.807, 2.05) is 19.1 Å². The zero-order chi connectivity index (χ0) is 20.6. The molecular weight excluding hydrogens is 372 g/mol. The molecule has 0 bridgehead atoms. The summed E-state index contributed by atoms with van der Waals surface area (Å²) in [5.74, 6) is -0.143. The van der Waals surface area contributed by atoms with Gasteiger partial charge in [0, 0.05) is 13.1 Å². The Labute approximate surface area is 170 Å². The molecule has 0 radical (unpaired) electrons. The highest BCUT2D eigenvalue weighted by molar-refractivity contribution is 5.68. The number of rotatable bonds is 10. The molecule has 1 aliphatic heterocycles. The van der Waals surface area contributed by atoms with Gasteiger partial charge in [-0.3, -0.25) is 15.0 Å². The maximum Gasteiger partial charge on any atom is 0.353 e. The maximum absolute atomic E-state index is 11.4. The fourth-order valence-electron chi connectivity index (χ4n) is 3.27. The molecular formula is C20H28N6O3. The van der Waals surface area contributed by atoms with Crippen LogP contribution in [0.3, 0.4) is 0 Å². The van der Waals surface area contributed by atoms with Crippen molar-refractivity contribution in [1.29, 1.82) is 0 Å². The zero-order valence-electron chi connectivity index (χ0n) is 16.8. The largest absolute Gasteiger partial charge is 0.463 e. The highest BCUT2D eigenvalue weighted by Crippen LogP contribution is 2.30. The fraction of sp³-hybridized carbons (Fsp3) is 0.500. The predicted octanol–water partition coefficient (Wildman–Crippen LogP) is 3.35. The molecule has 29 heavy (non-hydrogen) atoms. The van der Waals surface area contributed by atoms with Crippen LogP contribution in [0.25, 0.3) is 0 Å². The van der Waals surface area contributed by atoms with Gasteiger partial charge in [-0.15, -0.1) is 0 Å². The molecule has 1 aromatic heterocycles. The highest BCUT2D eigenvalue weighted by Gasteiger charge is 2.23. The van der Waals surface area contributed by atoms with Crippen molar-refractivity contribution in [2.75, 3.05) is 30.7 Å². The van der Waals surface area contributed by atoms with Crippen LogP contribution in [0.2, 0.25) is 0 Å². The number of nitrogens with zero attached hydrogens (tertiary/aromatic N) is 4. The molecule has 1 aromatic carbocycles. The quantitative estimate of drug-likeness (QED) is 0.354. The van der Waals surface area contributed by atoms with E-state index >= 15 is 0 Å². The number of anilines is 2. The van der Waals surface area contributed by atoms with Crippen molar-refractivity contribution < 1.29 is 9.66 Å². The minimum atomic E-state index is -0.577. The first-order valence-electron chi connectivity index (χ1n) is 10.1. The van der Waals surface area contributed by atoms with E-state index in [1.54, 1.807) is 0 Å². The van der Waals surface area contributed by atoms with E-state index in [1.165, 1.54) is 18.4 Å². The Bertz CT molecular complexity index is 822. The highest BCUT2D eigenvalue weighted by atomic mass is 16.6. The lowest BCUT2D eigenvalue weighted by molar-refractivity contribution is -0.383. The van der Waals surface area contributed by atoms with Gasteiger partial charge in [-0.25, -0.2) is 0 Å². The third-order valence-electron chi connectivity index (χ3n) is 4.89. The zero-order valence-corrected chi connectivity index (χ0v) is 16.8.